The molecule has 0 radical (unpaired) electrons. The smallest absolute Gasteiger partial charge is 0.134 e. The van der Waals surface area contributed by atoms with Gasteiger partial charge in [-0.05, 0) is 24.3 Å². The van der Waals surface area contributed by atoms with Crippen LogP contribution in [0.5, 0.6) is 5.75 Å². The quantitative estimate of drug-likeness (QED) is 0.799. The van der Waals surface area contributed by atoms with Crippen LogP contribution in [-0.4, -0.2) is 5.11 Å². The Balaban J connectivity index is 2.68. The van der Waals surface area contributed by atoms with Crippen molar-refractivity contribution in [1.82, 2.24) is 0 Å². The van der Waals surface area contributed by atoms with E-state index in [-0.39, 0.29) is 21.9 Å². The molecule has 2 rings (SSSR count). The van der Waals surface area contributed by atoms with Crippen LogP contribution in [0, 0.1) is 11.6 Å². The summed E-state index contributed by atoms with van der Waals surface area (Å²) in [6.45, 7) is 0. The summed E-state index contributed by atoms with van der Waals surface area (Å²) in [6.07, 6.45) is 0. The highest BCUT2D eigenvalue weighted by Crippen LogP contribution is 2.36. The molecular weight excluding hydrogens is 234 g/mol. The average Bonchev–Trinajstić information content (AvgIpc) is 2.20. The molecule has 0 spiro atoms. The minimum atomic E-state index is -0.761. The summed E-state index contributed by atoms with van der Waals surface area (Å²) in [6, 6.07) is 7.57. The SMILES string of the molecule is Oc1cccc(Cl)c1-c1ccc(F)cc1F. The average molecular weight is 241 g/mol. The van der Waals surface area contributed by atoms with Gasteiger partial charge in [-0.3, -0.25) is 0 Å². The third kappa shape index (κ3) is 1.86. The topological polar surface area (TPSA) is 20.2 Å². The van der Waals surface area contributed by atoms with E-state index in [9.17, 15) is 13.9 Å². The summed E-state index contributed by atoms with van der Waals surface area (Å²) in [7, 11) is 0. The van der Waals surface area contributed by atoms with Crippen molar-refractivity contribution in [2.75, 3.05) is 0 Å². The van der Waals surface area contributed by atoms with Crippen LogP contribution in [0.15, 0.2) is 36.4 Å². The summed E-state index contributed by atoms with van der Waals surface area (Å²) < 4.78 is 26.2. The lowest BCUT2D eigenvalue weighted by Gasteiger charge is -2.08. The van der Waals surface area contributed by atoms with E-state index in [4.69, 9.17) is 11.6 Å². The molecule has 0 bridgehead atoms. The van der Waals surface area contributed by atoms with Crippen LogP contribution in [0.25, 0.3) is 11.1 Å². The minimum absolute atomic E-state index is 0.0736. The van der Waals surface area contributed by atoms with Crippen LogP contribution in [0.3, 0.4) is 0 Å². The molecule has 0 atom stereocenters. The van der Waals surface area contributed by atoms with Crippen molar-refractivity contribution >= 4 is 11.6 Å². The maximum absolute atomic E-state index is 13.5. The van der Waals surface area contributed by atoms with Gasteiger partial charge >= 0.3 is 0 Å². The summed E-state index contributed by atoms with van der Waals surface area (Å²) in [5, 5.41) is 9.81. The van der Waals surface area contributed by atoms with E-state index < -0.39 is 11.6 Å². The third-order valence-corrected chi connectivity index (χ3v) is 2.51. The van der Waals surface area contributed by atoms with Gasteiger partial charge in [0.1, 0.15) is 17.4 Å². The molecular formula is C12H7ClF2O. The van der Waals surface area contributed by atoms with E-state index >= 15 is 0 Å². The molecule has 2 aromatic carbocycles. The second kappa shape index (κ2) is 4.10. The van der Waals surface area contributed by atoms with Crippen molar-refractivity contribution in [1.29, 1.82) is 0 Å². The number of hydrogen-bond donors (Lipinski definition) is 1. The zero-order valence-electron chi connectivity index (χ0n) is 8.05. The zero-order chi connectivity index (χ0) is 11.7. The predicted molar refractivity (Wildman–Crippen MR) is 58.5 cm³/mol. The van der Waals surface area contributed by atoms with Gasteiger partial charge in [0.15, 0.2) is 0 Å². The van der Waals surface area contributed by atoms with Gasteiger partial charge in [-0.1, -0.05) is 17.7 Å². The molecule has 0 amide bonds. The number of phenols is 1. The van der Waals surface area contributed by atoms with Crippen LogP contribution in [0.1, 0.15) is 0 Å². The number of rotatable bonds is 1. The third-order valence-electron chi connectivity index (χ3n) is 2.19. The van der Waals surface area contributed by atoms with Gasteiger partial charge in [0.25, 0.3) is 0 Å². The number of phenolic OH excluding ortho intramolecular Hbond substituents is 1. The first-order valence-electron chi connectivity index (χ1n) is 4.52. The van der Waals surface area contributed by atoms with Gasteiger partial charge in [0, 0.05) is 17.2 Å². The fourth-order valence-electron chi connectivity index (χ4n) is 1.47. The van der Waals surface area contributed by atoms with E-state index in [0.717, 1.165) is 12.1 Å². The van der Waals surface area contributed by atoms with Crippen molar-refractivity contribution in [3.8, 4) is 16.9 Å². The molecule has 0 unspecified atom stereocenters. The summed E-state index contributed by atoms with van der Waals surface area (Å²) in [5.41, 5.74) is 0.242. The number of aromatic hydroxyl groups is 1. The van der Waals surface area contributed by atoms with Crippen LogP contribution in [-0.2, 0) is 0 Å². The van der Waals surface area contributed by atoms with E-state index in [1.807, 2.05) is 0 Å². The van der Waals surface area contributed by atoms with Gasteiger partial charge < -0.3 is 5.11 Å². The van der Waals surface area contributed by atoms with Gasteiger partial charge in [-0.15, -0.1) is 0 Å². The van der Waals surface area contributed by atoms with Gasteiger partial charge in [-0.2, -0.15) is 0 Å². The molecule has 0 fully saturated rings. The highest BCUT2D eigenvalue weighted by Gasteiger charge is 2.13. The van der Waals surface area contributed by atoms with Crippen molar-refractivity contribution < 1.29 is 13.9 Å². The fourth-order valence-corrected chi connectivity index (χ4v) is 1.74. The normalized spacial score (nSPS) is 10.4. The van der Waals surface area contributed by atoms with Crippen molar-refractivity contribution in [3.05, 3.63) is 53.1 Å². The minimum Gasteiger partial charge on any atom is -0.507 e. The van der Waals surface area contributed by atoms with Crippen LogP contribution in [0.2, 0.25) is 5.02 Å². The Bertz CT molecular complexity index is 520. The summed E-state index contributed by atoms with van der Waals surface area (Å²) >= 11 is 5.86. The lowest BCUT2D eigenvalue weighted by molar-refractivity contribution is 0.476. The molecule has 0 saturated carbocycles. The molecule has 82 valence electrons. The molecule has 4 heteroatoms. The zero-order valence-corrected chi connectivity index (χ0v) is 8.80. The van der Waals surface area contributed by atoms with E-state index in [0.29, 0.717) is 0 Å². The Morgan fingerprint density at radius 1 is 1.06 bits per heavy atom. The van der Waals surface area contributed by atoms with Crippen LogP contribution in [0.4, 0.5) is 8.78 Å². The van der Waals surface area contributed by atoms with Crippen LogP contribution >= 0.6 is 11.6 Å². The van der Waals surface area contributed by atoms with Crippen molar-refractivity contribution in [3.63, 3.8) is 0 Å². The fraction of sp³-hybridized carbons (Fsp3) is 0. The monoisotopic (exact) mass is 240 g/mol. The molecule has 0 heterocycles. The summed E-state index contributed by atoms with van der Waals surface area (Å²) in [5.74, 6) is -1.57. The molecule has 0 aliphatic rings. The molecule has 1 N–H and O–H groups in total. The first-order chi connectivity index (χ1) is 7.59. The summed E-state index contributed by atoms with van der Waals surface area (Å²) in [4.78, 5) is 0. The Hall–Kier alpha value is -1.61. The maximum Gasteiger partial charge on any atom is 0.134 e. The van der Waals surface area contributed by atoms with E-state index in [1.54, 1.807) is 6.07 Å². The second-order valence-corrected chi connectivity index (χ2v) is 3.67. The molecule has 0 aromatic heterocycles. The number of benzene rings is 2. The number of halogens is 3. The van der Waals surface area contributed by atoms with Gasteiger partial charge in [0.05, 0.1) is 5.02 Å². The lowest BCUT2D eigenvalue weighted by atomic mass is 10.0. The molecule has 1 nitrogen and oxygen atoms in total. The Kier molecular flexibility index (Phi) is 2.79. The lowest BCUT2D eigenvalue weighted by Crippen LogP contribution is -1.87. The first kappa shape index (κ1) is 10.9. The van der Waals surface area contributed by atoms with Crippen molar-refractivity contribution in [2.24, 2.45) is 0 Å². The largest absolute Gasteiger partial charge is 0.507 e. The van der Waals surface area contributed by atoms with Crippen molar-refractivity contribution in [2.45, 2.75) is 0 Å². The molecule has 0 saturated heterocycles. The highest BCUT2D eigenvalue weighted by atomic mass is 35.5. The highest BCUT2D eigenvalue weighted by molar-refractivity contribution is 6.33. The molecule has 16 heavy (non-hydrogen) atoms. The number of hydrogen-bond acceptors (Lipinski definition) is 1. The maximum atomic E-state index is 13.5. The second-order valence-electron chi connectivity index (χ2n) is 3.26. The van der Waals surface area contributed by atoms with E-state index in [1.165, 1.54) is 18.2 Å². The van der Waals surface area contributed by atoms with Crippen LogP contribution < -0.4 is 0 Å². The predicted octanol–water partition coefficient (Wildman–Crippen LogP) is 3.99. The first-order valence-corrected chi connectivity index (χ1v) is 4.90. The molecule has 2 aromatic rings. The standard InChI is InChI=1S/C12H7ClF2O/c13-9-2-1-3-11(16)12(9)8-5-4-7(14)6-10(8)15/h1-6,16H. The molecule has 0 aliphatic heterocycles. The van der Waals surface area contributed by atoms with Gasteiger partial charge in [-0.25, -0.2) is 8.78 Å². The Morgan fingerprint density at radius 2 is 1.81 bits per heavy atom. The van der Waals surface area contributed by atoms with Gasteiger partial charge in [0.2, 0.25) is 0 Å². The molecule has 0 aliphatic carbocycles. The Morgan fingerprint density at radius 3 is 2.44 bits per heavy atom. The van der Waals surface area contributed by atoms with E-state index in [2.05, 4.69) is 0 Å². The Labute approximate surface area is 95.9 Å².